The second-order valence-corrected chi connectivity index (χ2v) is 12.4. The van der Waals surface area contributed by atoms with Gasteiger partial charge in [0.1, 0.15) is 0 Å². The minimum Gasteiger partial charge on any atom is -0.319 e. The number of para-hydroxylation sites is 2. The largest absolute Gasteiger partial charge is 0.417 e. The van der Waals surface area contributed by atoms with Crippen LogP contribution in [0, 0.1) is 20.4 Å². The Kier molecular flexibility index (Phi) is 6.88. The molecular weight excluding hydrogens is 648 g/mol. The monoisotopic (exact) mass is 673 g/mol. The summed E-state index contributed by atoms with van der Waals surface area (Å²) in [6, 6.07) is 31.2. The zero-order valence-electron chi connectivity index (χ0n) is 26.6. The summed E-state index contributed by atoms with van der Waals surface area (Å²) >= 11 is 0. The second-order valence-electron chi connectivity index (χ2n) is 12.4. The molecule has 0 N–H and O–H groups in total. The van der Waals surface area contributed by atoms with Gasteiger partial charge in [0.2, 0.25) is 5.69 Å². The molecule has 6 aromatic carbocycles. The summed E-state index contributed by atoms with van der Waals surface area (Å²) in [5.74, 6) is 0. The van der Waals surface area contributed by atoms with Gasteiger partial charge in [-0.05, 0) is 79.1 Å². The molecule has 2 heterocycles. The van der Waals surface area contributed by atoms with Gasteiger partial charge >= 0.3 is 12.4 Å². The predicted octanol–water partition coefficient (Wildman–Crippen LogP) is 12.8. The topological polar surface area (TPSA) is 14.2 Å². The van der Waals surface area contributed by atoms with Crippen molar-refractivity contribution in [2.45, 2.75) is 26.2 Å². The minimum absolute atomic E-state index is 0.0243. The van der Waals surface area contributed by atoms with E-state index in [2.05, 4.69) is 4.85 Å². The summed E-state index contributed by atoms with van der Waals surface area (Å²) in [6.45, 7) is 12.2. The summed E-state index contributed by atoms with van der Waals surface area (Å²) in [5, 5.41) is 3.55. The SMILES string of the molecule is [C-]#[N+]c1cc(-n2c3ccccc3c3c(C)cccc32)c(-c2ccc(C(F)(F)F)cc2C(F)(F)F)cc1-n1c2ccccc2c2c(C)cccc21. The summed E-state index contributed by atoms with van der Waals surface area (Å²) in [7, 11) is 0. The van der Waals surface area contributed by atoms with Crippen LogP contribution < -0.4 is 0 Å². The van der Waals surface area contributed by atoms with Gasteiger partial charge in [-0.25, -0.2) is 4.85 Å². The van der Waals surface area contributed by atoms with Crippen LogP contribution in [0.15, 0.2) is 115 Å². The van der Waals surface area contributed by atoms with Crippen LogP contribution in [0.1, 0.15) is 22.3 Å². The van der Waals surface area contributed by atoms with Gasteiger partial charge in [0.25, 0.3) is 0 Å². The summed E-state index contributed by atoms with van der Waals surface area (Å²) in [6.07, 6.45) is -10.1. The van der Waals surface area contributed by atoms with E-state index in [-0.39, 0.29) is 23.0 Å². The highest BCUT2D eigenvalue weighted by molar-refractivity contribution is 6.13. The third kappa shape index (κ3) is 4.66. The van der Waals surface area contributed by atoms with Crippen molar-refractivity contribution < 1.29 is 26.3 Å². The molecule has 0 spiro atoms. The van der Waals surface area contributed by atoms with Gasteiger partial charge in [-0.1, -0.05) is 66.7 Å². The first kappa shape index (κ1) is 31.3. The van der Waals surface area contributed by atoms with Crippen LogP contribution >= 0.6 is 0 Å². The van der Waals surface area contributed by atoms with E-state index in [1.165, 1.54) is 6.07 Å². The predicted molar refractivity (Wildman–Crippen MR) is 186 cm³/mol. The fourth-order valence-electron chi connectivity index (χ4n) is 7.34. The smallest absolute Gasteiger partial charge is 0.319 e. The van der Waals surface area contributed by atoms with Crippen LogP contribution in [0.4, 0.5) is 32.0 Å². The van der Waals surface area contributed by atoms with Crippen molar-refractivity contribution in [1.29, 1.82) is 0 Å². The van der Waals surface area contributed by atoms with Crippen molar-refractivity contribution in [3.8, 4) is 22.5 Å². The normalized spacial score (nSPS) is 12.4. The third-order valence-electron chi connectivity index (χ3n) is 9.45. The minimum atomic E-state index is -5.13. The first-order valence-corrected chi connectivity index (χ1v) is 15.7. The molecule has 0 aliphatic heterocycles. The van der Waals surface area contributed by atoms with Gasteiger partial charge in [0.05, 0.1) is 45.5 Å². The van der Waals surface area contributed by atoms with Gasteiger partial charge in [0, 0.05) is 32.8 Å². The summed E-state index contributed by atoms with van der Waals surface area (Å²) < 4.78 is 89.9. The maximum atomic E-state index is 14.9. The number of fused-ring (bicyclic) bond motifs is 6. The van der Waals surface area contributed by atoms with E-state index in [9.17, 15) is 26.3 Å². The highest BCUT2D eigenvalue weighted by atomic mass is 19.4. The lowest BCUT2D eigenvalue weighted by molar-refractivity contribution is -0.142. The molecule has 0 radical (unpaired) electrons. The molecule has 0 unspecified atom stereocenters. The van der Waals surface area contributed by atoms with Gasteiger partial charge in [-0.2, -0.15) is 26.3 Å². The Hall–Kier alpha value is -6.01. The molecule has 0 bridgehead atoms. The number of benzene rings is 6. The Morgan fingerprint density at radius 1 is 0.520 bits per heavy atom. The second kappa shape index (κ2) is 11.0. The molecule has 0 fully saturated rings. The molecule has 8 rings (SSSR count). The van der Waals surface area contributed by atoms with Crippen LogP contribution in [0.5, 0.6) is 0 Å². The van der Waals surface area contributed by atoms with Crippen LogP contribution in [0.3, 0.4) is 0 Å². The van der Waals surface area contributed by atoms with Gasteiger partial charge < -0.3 is 9.13 Å². The van der Waals surface area contributed by atoms with Crippen molar-refractivity contribution in [1.82, 2.24) is 9.13 Å². The average molecular weight is 674 g/mol. The number of nitrogens with zero attached hydrogens (tertiary/aromatic N) is 3. The van der Waals surface area contributed by atoms with Crippen molar-refractivity contribution in [3.05, 3.63) is 149 Å². The Balaban J connectivity index is 1.57. The standard InChI is InChI=1S/C41H25F6N3/c1-23-10-8-16-34-38(23)27-12-4-6-14-32(27)49(34)36-22-31(48-3)37(50-33-15-7-5-13-28(33)39-24(2)11-9-17-35(39)50)21-29(36)26-19-18-25(40(42,43)44)20-30(26)41(45,46)47/h4-22H,1-2H3. The van der Waals surface area contributed by atoms with E-state index in [1.54, 1.807) is 10.6 Å². The molecule has 0 saturated heterocycles. The molecule has 8 aromatic rings. The Bertz CT molecular complexity index is 2720. The molecule has 0 saturated carbocycles. The third-order valence-corrected chi connectivity index (χ3v) is 9.45. The number of alkyl halides is 6. The van der Waals surface area contributed by atoms with Crippen molar-refractivity contribution in [2.75, 3.05) is 0 Å². The fourth-order valence-corrected chi connectivity index (χ4v) is 7.34. The molecule has 2 aromatic heterocycles. The number of hydrogen-bond acceptors (Lipinski definition) is 0. The first-order valence-electron chi connectivity index (χ1n) is 15.7. The molecule has 0 amide bonds. The highest BCUT2D eigenvalue weighted by Crippen LogP contribution is 2.47. The average Bonchev–Trinajstić information content (AvgIpc) is 3.61. The van der Waals surface area contributed by atoms with Crippen LogP contribution in [-0.4, -0.2) is 9.13 Å². The summed E-state index contributed by atoms with van der Waals surface area (Å²) in [5.41, 5.74) is 2.20. The zero-order chi connectivity index (χ0) is 35.1. The van der Waals surface area contributed by atoms with Crippen molar-refractivity contribution in [2.24, 2.45) is 0 Å². The van der Waals surface area contributed by atoms with Gasteiger partial charge in [-0.3, -0.25) is 0 Å². The fraction of sp³-hybridized carbons (Fsp3) is 0.0976. The molecule has 246 valence electrons. The molecular formula is C41H25F6N3. The van der Waals surface area contributed by atoms with E-state index in [0.29, 0.717) is 22.8 Å². The molecule has 0 atom stereocenters. The van der Waals surface area contributed by atoms with Crippen molar-refractivity contribution >= 4 is 49.3 Å². The molecule has 0 aliphatic rings. The maximum Gasteiger partial charge on any atom is 0.417 e. The van der Waals surface area contributed by atoms with Gasteiger partial charge in [0.15, 0.2) is 0 Å². The van der Waals surface area contributed by atoms with Crippen molar-refractivity contribution in [3.63, 3.8) is 0 Å². The lowest BCUT2D eigenvalue weighted by Gasteiger charge is -2.22. The van der Waals surface area contributed by atoms with Crippen LogP contribution in [-0.2, 0) is 12.4 Å². The quantitative estimate of drug-likeness (QED) is 0.131. The van der Waals surface area contributed by atoms with Gasteiger partial charge in [-0.15, -0.1) is 0 Å². The maximum absolute atomic E-state index is 14.9. The van der Waals surface area contributed by atoms with Crippen LogP contribution in [0.2, 0.25) is 0 Å². The van der Waals surface area contributed by atoms with Crippen LogP contribution in [0.25, 0.3) is 71.0 Å². The number of rotatable bonds is 3. The number of halogens is 6. The lowest BCUT2D eigenvalue weighted by atomic mass is 9.94. The van der Waals surface area contributed by atoms with E-state index in [4.69, 9.17) is 6.57 Å². The lowest BCUT2D eigenvalue weighted by Crippen LogP contribution is -2.13. The molecule has 3 nitrogen and oxygen atoms in total. The molecule has 50 heavy (non-hydrogen) atoms. The Morgan fingerprint density at radius 3 is 1.56 bits per heavy atom. The number of hydrogen-bond donors (Lipinski definition) is 0. The van der Waals surface area contributed by atoms with E-state index < -0.39 is 29.0 Å². The first-order chi connectivity index (χ1) is 23.9. The Morgan fingerprint density at radius 2 is 1.04 bits per heavy atom. The summed E-state index contributed by atoms with van der Waals surface area (Å²) in [4.78, 5) is 3.91. The van der Waals surface area contributed by atoms with E-state index in [1.807, 2.05) is 103 Å². The zero-order valence-corrected chi connectivity index (χ0v) is 26.6. The van der Waals surface area contributed by atoms with E-state index >= 15 is 0 Å². The number of aromatic nitrogens is 2. The molecule has 0 aliphatic carbocycles. The Labute approximate surface area is 282 Å². The van der Waals surface area contributed by atoms with E-state index in [0.717, 1.165) is 49.8 Å². The highest BCUT2D eigenvalue weighted by Gasteiger charge is 2.39. The molecule has 9 heteroatoms. The number of aryl methyl sites for hydroxylation is 2.